The number of hydrogen-bond donors (Lipinski definition) is 1. The quantitative estimate of drug-likeness (QED) is 0.906. The van der Waals surface area contributed by atoms with Gasteiger partial charge in [-0.2, -0.15) is 0 Å². The van der Waals surface area contributed by atoms with Crippen molar-refractivity contribution in [2.75, 3.05) is 5.32 Å². The molecule has 1 aromatic carbocycles. The first-order chi connectivity index (χ1) is 8.84. The van der Waals surface area contributed by atoms with Crippen molar-refractivity contribution < 1.29 is 8.78 Å². The average molecular weight is 282 g/mol. The van der Waals surface area contributed by atoms with Gasteiger partial charge in [-0.25, -0.2) is 13.8 Å². The van der Waals surface area contributed by atoms with Crippen LogP contribution in [0.5, 0.6) is 0 Å². The van der Waals surface area contributed by atoms with E-state index in [2.05, 4.69) is 31.1 Å². The number of halogens is 2. The number of rotatable bonds is 3. The standard InChI is InChI=1S/C14H16F2N2S/c1-14(2,3)13-18-8-12(19-13)7-17-11-5-9(15)4-10(16)6-11/h4-6,8,17H,7H2,1-3H3. The molecule has 0 amide bonds. The predicted octanol–water partition coefficient (Wildman–Crippen LogP) is 4.33. The summed E-state index contributed by atoms with van der Waals surface area (Å²) >= 11 is 1.61. The van der Waals surface area contributed by atoms with Gasteiger partial charge in [0.25, 0.3) is 0 Å². The molecular weight excluding hydrogens is 266 g/mol. The van der Waals surface area contributed by atoms with Crippen molar-refractivity contribution in [1.82, 2.24) is 4.98 Å². The highest BCUT2D eigenvalue weighted by Crippen LogP contribution is 2.27. The maximum Gasteiger partial charge on any atom is 0.128 e. The van der Waals surface area contributed by atoms with Crippen LogP contribution in [0.4, 0.5) is 14.5 Å². The molecular formula is C14H16F2N2S. The maximum atomic E-state index is 13.0. The molecule has 2 rings (SSSR count). The highest BCUT2D eigenvalue weighted by Gasteiger charge is 2.17. The first kappa shape index (κ1) is 13.9. The molecule has 1 aromatic heterocycles. The van der Waals surface area contributed by atoms with Gasteiger partial charge in [0.2, 0.25) is 0 Å². The van der Waals surface area contributed by atoms with E-state index in [1.165, 1.54) is 12.1 Å². The second-order valence-electron chi connectivity index (χ2n) is 5.39. The van der Waals surface area contributed by atoms with Gasteiger partial charge in [0, 0.05) is 28.2 Å². The summed E-state index contributed by atoms with van der Waals surface area (Å²) in [6, 6.07) is 3.40. The first-order valence-electron chi connectivity index (χ1n) is 6.00. The van der Waals surface area contributed by atoms with Gasteiger partial charge in [0.05, 0.1) is 11.6 Å². The van der Waals surface area contributed by atoms with Crippen LogP contribution in [0.3, 0.4) is 0 Å². The van der Waals surface area contributed by atoms with Crippen LogP contribution >= 0.6 is 11.3 Å². The molecule has 0 radical (unpaired) electrons. The number of nitrogens with zero attached hydrogens (tertiary/aromatic N) is 1. The number of aromatic nitrogens is 1. The lowest BCUT2D eigenvalue weighted by molar-refractivity contribution is 0.584. The van der Waals surface area contributed by atoms with Crippen LogP contribution in [0.1, 0.15) is 30.7 Å². The lowest BCUT2D eigenvalue weighted by atomic mass is 9.98. The third-order valence-electron chi connectivity index (χ3n) is 2.52. The summed E-state index contributed by atoms with van der Waals surface area (Å²) < 4.78 is 26.0. The average Bonchev–Trinajstić information content (AvgIpc) is 2.73. The van der Waals surface area contributed by atoms with E-state index in [1.807, 2.05) is 0 Å². The lowest BCUT2D eigenvalue weighted by Gasteiger charge is -2.13. The summed E-state index contributed by atoms with van der Waals surface area (Å²) in [5, 5.41) is 4.05. The minimum atomic E-state index is -0.581. The minimum absolute atomic E-state index is 0.0217. The Labute approximate surface area is 115 Å². The van der Waals surface area contributed by atoms with Crippen LogP contribution in [0.15, 0.2) is 24.4 Å². The molecule has 0 saturated carbocycles. The summed E-state index contributed by atoms with van der Waals surface area (Å²) in [6.07, 6.45) is 1.80. The molecule has 0 aliphatic rings. The number of benzene rings is 1. The molecule has 0 saturated heterocycles. The molecule has 1 heterocycles. The zero-order chi connectivity index (χ0) is 14.0. The van der Waals surface area contributed by atoms with Crippen molar-refractivity contribution in [1.29, 1.82) is 0 Å². The van der Waals surface area contributed by atoms with E-state index in [0.29, 0.717) is 12.2 Å². The number of hydrogen-bond acceptors (Lipinski definition) is 3. The fourth-order valence-corrected chi connectivity index (χ4v) is 2.49. The highest BCUT2D eigenvalue weighted by molar-refractivity contribution is 7.11. The molecule has 0 aliphatic heterocycles. The molecule has 2 aromatic rings. The summed E-state index contributed by atoms with van der Waals surface area (Å²) in [7, 11) is 0. The van der Waals surface area contributed by atoms with Crippen molar-refractivity contribution in [3.8, 4) is 0 Å². The SMILES string of the molecule is CC(C)(C)c1ncc(CNc2cc(F)cc(F)c2)s1. The van der Waals surface area contributed by atoms with E-state index in [1.54, 1.807) is 17.5 Å². The van der Waals surface area contributed by atoms with Gasteiger partial charge in [-0.1, -0.05) is 20.8 Å². The maximum absolute atomic E-state index is 13.0. The third-order valence-corrected chi connectivity index (χ3v) is 3.95. The normalized spacial score (nSPS) is 11.6. The fourth-order valence-electron chi connectivity index (χ4n) is 1.58. The van der Waals surface area contributed by atoms with Crippen LogP contribution in [0.25, 0.3) is 0 Å². The number of nitrogens with one attached hydrogen (secondary N) is 1. The summed E-state index contributed by atoms with van der Waals surface area (Å²) in [4.78, 5) is 5.40. The zero-order valence-corrected chi connectivity index (χ0v) is 11.9. The zero-order valence-electron chi connectivity index (χ0n) is 11.1. The van der Waals surface area contributed by atoms with E-state index in [4.69, 9.17) is 0 Å². The summed E-state index contributed by atoms with van der Waals surface area (Å²) in [6.45, 7) is 6.82. The Bertz CT molecular complexity index is 553. The van der Waals surface area contributed by atoms with Crippen LogP contribution in [0.2, 0.25) is 0 Å². The Morgan fingerprint density at radius 2 is 1.79 bits per heavy atom. The summed E-state index contributed by atoms with van der Waals surface area (Å²) in [5.74, 6) is -1.16. The predicted molar refractivity (Wildman–Crippen MR) is 74.5 cm³/mol. The van der Waals surface area contributed by atoms with Crippen molar-refractivity contribution in [3.05, 3.63) is 45.9 Å². The molecule has 0 unspecified atom stereocenters. The second kappa shape index (κ2) is 5.25. The second-order valence-corrected chi connectivity index (χ2v) is 6.51. The van der Waals surface area contributed by atoms with Crippen LogP contribution in [-0.4, -0.2) is 4.98 Å². The Morgan fingerprint density at radius 1 is 1.16 bits per heavy atom. The Hall–Kier alpha value is -1.49. The highest BCUT2D eigenvalue weighted by atomic mass is 32.1. The molecule has 102 valence electrons. The Morgan fingerprint density at radius 3 is 2.32 bits per heavy atom. The van der Waals surface area contributed by atoms with Crippen LogP contribution < -0.4 is 5.32 Å². The van der Waals surface area contributed by atoms with Gasteiger partial charge in [-0.15, -0.1) is 11.3 Å². The number of thiazole rings is 1. The molecule has 0 aliphatic carbocycles. The monoisotopic (exact) mass is 282 g/mol. The molecule has 0 bridgehead atoms. The van der Waals surface area contributed by atoms with Gasteiger partial charge < -0.3 is 5.32 Å². The van der Waals surface area contributed by atoms with Gasteiger partial charge in [0.1, 0.15) is 11.6 Å². The minimum Gasteiger partial charge on any atom is -0.380 e. The van der Waals surface area contributed by atoms with E-state index in [9.17, 15) is 8.78 Å². The largest absolute Gasteiger partial charge is 0.380 e. The fraction of sp³-hybridized carbons (Fsp3) is 0.357. The van der Waals surface area contributed by atoms with Gasteiger partial charge in [-0.05, 0) is 12.1 Å². The van der Waals surface area contributed by atoms with E-state index >= 15 is 0 Å². The molecule has 0 atom stereocenters. The van der Waals surface area contributed by atoms with Crippen molar-refractivity contribution >= 4 is 17.0 Å². The van der Waals surface area contributed by atoms with Gasteiger partial charge >= 0.3 is 0 Å². The van der Waals surface area contributed by atoms with E-state index in [-0.39, 0.29) is 5.41 Å². The van der Waals surface area contributed by atoms with Crippen molar-refractivity contribution in [3.63, 3.8) is 0 Å². The van der Waals surface area contributed by atoms with Gasteiger partial charge in [0.15, 0.2) is 0 Å². The number of anilines is 1. The molecule has 0 spiro atoms. The van der Waals surface area contributed by atoms with Crippen molar-refractivity contribution in [2.24, 2.45) is 0 Å². The Kier molecular flexibility index (Phi) is 3.85. The topological polar surface area (TPSA) is 24.9 Å². The molecule has 5 heteroatoms. The van der Waals surface area contributed by atoms with Crippen LogP contribution in [-0.2, 0) is 12.0 Å². The first-order valence-corrected chi connectivity index (χ1v) is 6.81. The van der Waals surface area contributed by atoms with E-state index in [0.717, 1.165) is 16.0 Å². The molecule has 1 N–H and O–H groups in total. The molecule has 2 nitrogen and oxygen atoms in total. The lowest BCUT2D eigenvalue weighted by Crippen LogP contribution is -2.09. The smallest absolute Gasteiger partial charge is 0.128 e. The molecule has 19 heavy (non-hydrogen) atoms. The van der Waals surface area contributed by atoms with Crippen LogP contribution in [0, 0.1) is 11.6 Å². The van der Waals surface area contributed by atoms with E-state index < -0.39 is 11.6 Å². The third kappa shape index (κ3) is 3.73. The summed E-state index contributed by atoms with van der Waals surface area (Å²) in [5.41, 5.74) is 0.455. The van der Waals surface area contributed by atoms with Crippen molar-refractivity contribution in [2.45, 2.75) is 32.7 Å². The Balaban J connectivity index is 2.04. The van der Waals surface area contributed by atoms with Gasteiger partial charge in [-0.3, -0.25) is 0 Å². The molecule has 0 fully saturated rings.